The van der Waals surface area contributed by atoms with Crippen LogP contribution in [0, 0.1) is 0 Å². The molecule has 0 aliphatic carbocycles. The maximum absolute atomic E-state index is 12.6. The van der Waals surface area contributed by atoms with Gasteiger partial charge in [0.2, 0.25) is 0 Å². The third kappa shape index (κ3) is 6.64. The Morgan fingerprint density at radius 3 is 1.45 bits per heavy atom. The molecule has 0 fully saturated rings. The average molecular weight is 553 g/mol. The van der Waals surface area contributed by atoms with Gasteiger partial charge in [-0.25, -0.2) is 0 Å². The molecule has 40 heavy (non-hydrogen) atoms. The number of carbonyl (C=O) groups is 4. The molecule has 2 aromatic carbocycles. The fourth-order valence-electron chi connectivity index (χ4n) is 4.58. The number of nitrogens with zero attached hydrogens (tertiary/aromatic N) is 2. The van der Waals surface area contributed by atoms with Gasteiger partial charge in [-0.2, -0.15) is 0 Å². The monoisotopic (exact) mass is 552 g/mol. The molecular weight excluding hydrogens is 516 g/mol. The van der Waals surface area contributed by atoms with E-state index in [4.69, 9.17) is 18.9 Å². The number of hydrogen-bond donors (Lipinski definition) is 0. The standard InChI is InChI=1S/C30H36N2O8/c1-19(32-29(35)25-11-7-8-12-26(25)30(32)36)15-38-21(3)17-40-22(4)18-39-20(2)16-37-14-13-31-27(33)23-9-5-6-10-24(23)28(31)34/h5-12,19-22H,13-18H2,1-4H3. The summed E-state index contributed by atoms with van der Waals surface area (Å²) in [5.41, 5.74) is 1.70. The fourth-order valence-corrected chi connectivity index (χ4v) is 4.58. The lowest BCUT2D eigenvalue weighted by atomic mass is 10.1. The second kappa shape index (κ2) is 13.3. The maximum Gasteiger partial charge on any atom is 0.261 e. The Morgan fingerprint density at radius 1 is 0.575 bits per heavy atom. The first-order valence-electron chi connectivity index (χ1n) is 13.5. The molecule has 0 saturated heterocycles. The van der Waals surface area contributed by atoms with Crippen molar-refractivity contribution in [2.24, 2.45) is 0 Å². The number of hydrogen-bond acceptors (Lipinski definition) is 8. The van der Waals surface area contributed by atoms with Gasteiger partial charge in [-0.1, -0.05) is 24.3 Å². The van der Waals surface area contributed by atoms with Gasteiger partial charge in [0.25, 0.3) is 23.6 Å². The van der Waals surface area contributed by atoms with Crippen molar-refractivity contribution in [1.29, 1.82) is 0 Å². The van der Waals surface area contributed by atoms with E-state index < -0.39 is 6.04 Å². The van der Waals surface area contributed by atoms with Gasteiger partial charge in [0, 0.05) is 0 Å². The highest BCUT2D eigenvalue weighted by Gasteiger charge is 2.38. The van der Waals surface area contributed by atoms with Gasteiger partial charge in [0.15, 0.2) is 0 Å². The summed E-state index contributed by atoms with van der Waals surface area (Å²) in [6.45, 7) is 9.02. The zero-order valence-corrected chi connectivity index (χ0v) is 23.3. The molecule has 2 heterocycles. The Hall–Kier alpha value is -3.44. The van der Waals surface area contributed by atoms with Crippen LogP contribution in [0.25, 0.3) is 0 Å². The third-order valence-corrected chi connectivity index (χ3v) is 6.81. The first kappa shape index (κ1) is 29.5. The van der Waals surface area contributed by atoms with Crippen LogP contribution in [0.2, 0.25) is 0 Å². The Morgan fingerprint density at radius 2 is 0.975 bits per heavy atom. The van der Waals surface area contributed by atoms with Crippen LogP contribution in [0.5, 0.6) is 0 Å². The van der Waals surface area contributed by atoms with Crippen LogP contribution in [-0.2, 0) is 18.9 Å². The van der Waals surface area contributed by atoms with Crippen molar-refractivity contribution in [3.05, 3.63) is 70.8 Å². The molecule has 214 valence electrons. The van der Waals surface area contributed by atoms with Crippen LogP contribution in [0.4, 0.5) is 0 Å². The van der Waals surface area contributed by atoms with E-state index in [1.807, 2.05) is 20.8 Å². The minimum atomic E-state index is -0.409. The van der Waals surface area contributed by atoms with Crippen LogP contribution in [-0.4, -0.2) is 97.4 Å². The van der Waals surface area contributed by atoms with Gasteiger partial charge >= 0.3 is 0 Å². The Kier molecular flexibility index (Phi) is 9.80. The summed E-state index contributed by atoms with van der Waals surface area (Å²) in [6, 6.07) is 13.2. The molecule has 4 atom stereocenters. The van der Waals surface area contributed by atoms with Crippen molar-refractivity contribution in [3.63, 3.8) is 0 Å². The summed E-state index contributed by atoms with van der Waals surface area (Å²) in [7, 11) is 0. The summed E-state index contributed by atoms with van der Waals surface area (Å²) < 4.78 is 23.1. The van der Waals surface area contributed by atoms with Gasteiger partial charge in [-0.05, 0) is 52.0 Å². The number of fused-ring (bicyclic) bond motifs is 2. The molecule has 4 amide bonds. The highest BCUT2D eigenvalue weighted by Crippen LogP contribution is 2.25. The van der Waals surface area contributed by atoms with E-state index in [2.05, 4.69) is 0 Å². The lowest BCUT2D eigenvalue weighted by Crippen LogP contribution is -2.41. The molecule has 0 spiro atoms. The summed E-state index contributed by atoms with van der Waals surface area (Å²) in [4.78, 5) is 52.5. The Balaban J connectivity index is 1.07. The molecular formula is C30H36N2O8. The van der Waals surface area contributed by atoms with E-state index in [1.54, 1.807) is 55.5 Å². The van der Waals surface area contributed by atoms with E-state index in [1.165, 1.54) is 9.80 Å². The van der Waals surface area contributed by atoms with Crippen LogP contribution in [0.15, 0.2) is 48.5 Å². The first-order chi connectivity index (χ1) is 19.2. The van der Waals surface area contributed by atoms with Gasteiger partial charge in [0.1, 0.15) is 0 Å². The lowest BCUT2D eigenvalue weighted by Gasteiger charge is -2.25. The molecule has 2 aromatic rings. The molecule has 4 unspecified atom stereocenters. The molecule has 0 bridgehead atoms. The van der Waals surface area contributed by atoms with Crippen molar-refractivity contribution in [1.82, 2.24) is 9.80 Å². The lowest BCUT2D eigenvalue weighted by molar-refractivity contribution is -0.0828. The van der Waals surface area contributed by atoms with Crippen molar-refractivity contribution in [2.75, 3.05) is 39.6 Å². The quantitative estimate of drug-likeness (QED) is 0.245. The molecule has 4 rings (SSSR count). The van der Waals surface area contributed by atoms with E-state index in [0.29, 0.717) is 42.1 Å². The molecule has 0 saturated carbocycles. The van der Waals surface area contributed by atoms with Crippen LogP contribution < -0.4 is 0 Å². The van der Waals surface area contributed by atoms with Crippen molar-refractivity contribution < 1.29 is 38.1 Å². The Bertz CT molecular complexity index is 1180. The average Bonchev–Trinajstić information content (AvgIpc) is 3.36. The van der Waals surface area contributed by atoms with E-state index in [-0.39, 0.29) is 61.7 Å². The maximum atomic E-state index is 12.6. The van der Waals surface area contributed by atoms with E-state index in [0.717, 1.165) is 0 Å². The van der Waals surface area contributed by atoms with Gasteiger partial charge < -0.3 is 18.9 Å². The zero-order chi connectivity index (χ0) is 28.8. The third-order valence-electron chi connectivity index (χ3n) is 6.81. The second-order valence-corrected chi connectivity index (χ2v) is 10.2. The van der Waals surface area contributed by atoms with Crippen molar-refractivity contribution in [2.45, 2.75) is 52.0 Å². The molecule has 0 N–H and O–H groups in total. The minimum absolute atomic E-state index is 0.183. The number of imide groups is 2. The zero-order valence-electron chi connectivity index (χ0n) is 23.3. The van der Waals surface area contributed by atoms with Gasteiger partial charge in [0.05, 0.1) is 86.2 Å². The molecule has 0 radical (unpaired) electrons. The highest BCUT2D eigenvalue weighted by molar-refractivity contribution is 6.22. The van der Waals surface area contributed by atoms with E-state index >= 15 is 0 Å². The van der Waals surface area contributed by atoms with E-state index in [9.17, 15) is 19.2 Å². The number of benzene rings is 2. The van der Waals surface area contributed by atoms with Crippen LogP contribution in [0.1, 0.15) is 69.1 Å². The van der Waals surface area contributed by atoms with Crippen molar-refractivity contribution in [3.8, 4) is 0 Å². The summed E-state index contributed by atoms with van der Waals surface area (Å²) in [5, 5.41) is 0. The SMILES string of the molecule is CC(COCCN1C(=O)c2ccccc2C1=O)OCC(C)OCC(C)OCC(C)N1C(=O)c2ccccc2C1=O. The smallest absolute Gasteiger partial charge is 0.261 e. The summed E-state index contributed by atoms with van der Waals surface area (Å²) >= 11 is 0. The number of carbonyl (C=O) groups excluding carboxylic acids is 4. The minimum Gasteiger partial charge on any atom is -0.377 e. The molecule has 10 nitrogen and oxygen atoms in total. The van der Waals surface area contributed by atoms with Gasteiger partial charge in [-0.15, -0.1) is 0 Å². The predicted molar refractivity (Wildman–Crippen MR) is 145 cm³/mol. The number of amides is 4. The second-order valence-electron chi connectivity index (χ2n) is 10.2. The molecule has 2 aliphatic rings. The Labute approximate surface area is 234 Å². The predicted octanol–water partition coefficient (Wildman–Crippen LogP) is 3.20. The summed E-state index contributed by atoms with van der Waals surface area (Å²) in [5.74, 6) is -1.19. The highest BCUT2D eigenvalue weighted by atomic mass is 16.6. The largest absolute Gasteiger partial charge is 0.377 e. The summed E-state index contributed by atoms with van der Waals surface area (Å²) in [6.07, 6.45) is -0.647. The molecule has 10 heteroatoms. The van der Waals surface area contributed by atoms with Crippen LogP contribution >= 0.6 is 0 Å². The van der Waals surface area contributed by atoms with Crippen molar-refractivity contribution >= 4 is 23.6 Å². The fraction of sp³-hybridized carbons (Fsp3) is 0.467. The molecule has 2 aliphatic heterocycles. The molecule has 0 aromatic heterocycles. The number of rotatable bonds is 15. The van der Waals surface area contributed by atoms with Gasteiger partial charge in [-0.3, -0.25) is 29.0 Å². The topological polar surface area (TPSA) is 112 Å². The van der Waals surface area contributed by atoms with Crippen LogP contribution in [0.3, 0.4) is 0 Å². The number of ether oxygens (including phenoxy) is 4. The first-order valence-corrected chi connectivity index (χ1v) is 13.5. The normalized spacial score (nSPS) is 17.7.